The number of nitro benzene ring substituents is 1. The Morgan fingerprint density at radius 2 is 2.09 bits per heavy atom. The summed E-state index contributed by atoms with van der Waals surface area (Å²) in [7, 11) is 0. The number of carbonyl (C=O) groups excluding carboxylic acids is 1. The highest BCUT2D eigenvalue weighted by atomic mass is 16.6. The number of ether oxygens (including phenoxy) is 1. The van der Waals surface area contributed by atoms with Gasteiger partial charge in [-0.1, -0.05) is 13.8 Å². The Labute approximate surface area is 134 Å². The molecule has 2 atom stereocenters. The third-order valence-corrected chi connectivity index (χ3v) is 3.89. The number of hydrogen-bond acceptors (Lipinski definition) is 6. The zero-order chi connectivity index (χ0) is 17.0. The third-order valence-electron chi connectivity index (χ3n) is 3.89. The van der Waals surface area contributed by atoms with Crippen LogP contribution in [-0.2, 0) is 4.74 Å². The van der Waals surface area contributed by atoms with Crippen molar-refractivity contribution in [1.29, 1.82) is 5.26 Å². The minimum atomic E-state index is -0.735. The lowest BCUT2D eigenvalue weighted by atomic mass is 9.91. The predicted octanol–water partition coefficient (Wildman–Crippen LogP) is 2.76. The molecule has 0 amide bonds. The van der Waals surface area contributed by atoms with Gasteiger partial charge in [-0.05, 0) is 30.4 Å². The molecular weight excluding hydrogens is 298 g/mol. The van der Waals surface area contributed by atoms with Crippen molar-refractivity contribution in [3.05, 3.63) is 33.9 Å². The quantitative estimate of drug-likeness (QED) is 0.481. The predicted molar refractivity (Wildman–Crippen MR) is 84.1 cm³/mol. The molecule has 7 nitrogen and oxygen atoms in total. The van der Waals surface area contributed by atoms with Crippen LogP contribution in [0.5, 0.6) is 0 Å². The first-order valence-corrected chi connectivity index (χ1v) is 7.49. The van der Waals surface area contributed by atoms with Crippen LogP contribution in [0.1, 0.15) is 30.6 Å². The van der Waals surface area contributed by atoms with E-state index < -0.39 is 10.9 Å². The van der Waals surface area contributed by atoms with Gasteiger partial charge in [0.2, 0.25) is 0 Å². The second-order valence-electron chi connectivity index (χ2n) is 6.05. The third kappa shape index (κ3) is 3.97. The van der Waals surface area contributed by atoms with Gasteiger partial charge in [0.15, 0.2) is 6.61 Å². The van der Waals surface area contributed by atoms with Gasteiger partial charge in [-0.2, -0.15) is 5.26 Å². The lowest BCUT2D eigenvalue weighted by Gasteiger charge is -2.36. The first-order valence-electron chi connectivity index (χ1n) is 7.49. The van der Waals surface area contributed by atoms with Crippen molar-refractivity contribution in [3.63, 3.8) is 0 Å². The van der Waals surface area contributed by atoms with Crippen molar-refractivity contribution in [3.8, 4) is 6.07 Å². The van der Waals surface area contributed by atoms with Crippen molar-refractivity contribution in [2.75, 3.05) is 24.6 Å². The van der Waals surface area contributed by atoms with Gasteiger partial charge in [0.1, 0.15) is 11.8 Å². The molecule has 7 heteroatoms. The maximum Gasteiger partial charge on any atom is 0.339 e. The standard InChI is InChI=1S/C16H19N3O4/c1-11-7-12(2)10-18(9-11)14-4-3-13(8-15(14)19(21)22)16(20)23-6-5-17/h3-4,8,11-12H,6-7,9-10H2,1-2H3. The maximum absolute atomic E-state index is 11.8. The van der Waals surface area contributed by atoms with E-state index in [1.807, 2.05) is 4.90 Å². The van der Waals surface area contributed by atoms with E-state index in [1.165, 1.54) is 12.1 Å². The highest BCUT2D eigenvalue weighted by molar-refractivity contribution is 5.91. The Morgan fingerprint density at radius 3 is 2.65 bits per heavy atom. The van der Waals surface area contributed by atoms with E-state index in [9.17, 15) is 14.9 Å². The highest BCUT2D eigenvalue weighted by Gasteiger charge is 2.28. The van der Waals surface area contributed by atoms with E-state index in [4.69, 9.17) is 10.00 Å². The Kier molecular flexibility index (Phi) is 5.16. The number of hydrogen-bond donors (Lipinski definition) is 0. The molecule has 1 heterocycles. The molecule has 0 bridgehead atoms. The fourth-order valence-corrected chi connectivity index (χ4v) is 3.10. The summed E-state index contributed by atoms with van der Waals surface area (Å²) in [6, 6.07) is 6.01. The van der Waals surface area contributed by atoms with Crippen molar-refractivity contribution < 1.29 is 14.5 Å². The summed E-state index contributed by atoms with van der Waals surface area (Å²) < 4.78 is 4.70. The lowest BCUT2D eigenvalue weighted by Crippen LogP contribution is -2.39. The molecule has 1 aromatic carbocycles. The average Bonchev–Trinajstić information content (AvgIpc) is 2.51. The summed E-state index contributed by atoms with van der Waals surface area (Å²) in [5.74, 6) is 0.179. The summed E-state index contributed by atoms with van der Waals surface area (Å²) in [6.45, 7) is 5.38. The molecule has 0 radical (unpaired) electrons. The summed E-state index contributed by atoms with van der Waals surface area (Å²) in [4.78, 5) is 24.7. The number of nitrogens with zero attached hydrogens (tertiary/aromatic N) is 3. The molecule has 0 N–H and O–H groups in total. The van der Waals surface area contributed by atoms with Crippen molar-refractivity contribution in [1.82, 2.24) is 0 Å². The number of nitriles is 1. The summed E-state index contributed by atoms with van der Waals surface area (Å²) in [6.07, 6.45) is 1.10. The van der Waals surface area contributed by atoms with Gasteiger partial charge in [-0.25, -0.2) is 4.79 Å². The van der Waals surface area contributed by atoms with Crippen molar-refractivity contribution >= 4 is 17.3 Å². The Balaban J connectivity index is 2.32. The second-order valence-corrected chi connectivity index (χ2v) is 6.05. The van der Waals surface area contributed by atoms with Crippen LogP contribution < -0.4 is 4.90 Å². The molecule has 2 unspecified atom stereocenters. The first kappa shape index (κ1) is 16.7. The van der Waals surface area contributed by atoms with Gasteiger partial charge in [-0.3, -0.25) is 10.1 Å². The van der Waals surface area contributed by atoms with Crippen LogP contribution in [0.2, 0.25) is 0 Å². The molecule has 1 saturated heterocycles. The molecule has 0 saturated carbocycles. The van der Waals surface area contributed by atoms with Crippen LogP contribution in [-0.4, -0.2) is 30.6 Å². The first-order chi connectivity index (χ1) is 10.9. The van der Waals surface area contributed by atoms with E-state index in [2.05, 4.69) is 13.8 Å². The Hall–Kier alpha value is -2.62. The monoisotopic (exact) mass is 317 g/mol. The number of anilines is 1. The number of rotatable bonds is 4. The smallest absolute Gasteiger partial charge is 0.339 e. The summed E-state index contributed by atoms with van der Waals surface area (Å²) >= 11 is 0. The number of piperidine rings is 1. The van der Waals surface area contributed by atoms with Crippen LogP contribution in [0.3, 0.4) is 0 Å². The minimum absolute atomic E-state index is 0.0776. The molecule has 23 heavy (non-hydrogen) atoms. The van der Waals surface area contributed by atoms with E-state index in [-0.39, 0.29) is 17.9 Å². The van der Waals surface area contributed by atoms with Gasteiger partial charge in [0.25, 0.3) is 5.69 Å². The van der Waals surface area contributed by atoms with Crippen molar-refractivity contribution in [2.45, 2.75) is 20.3 Å². The molecule has 1 aliphatic rings. The van der Waals surface area contributed by atoms with E-state index >= 15 is 0 Å². The van der Waals surface area contributed by atoms with Crippen LogP contribution in [0, 0.1) is 33.3 Å². The normalized spacial score (nSPS) is 20.7. The van der Waals surface area contributed by atoms with E-state index in [0.29, 0.717) is 17.5 Å². The number of carbonyl (C=O) groups is 1. The Bertz CT molecular complexity index is 643. The van der Waals surface area contributed by atoms with Gasteiger partial charge < -0.3 is 9.64 Å². The topological polar surface area (TPSA) is 96.5 Å². The van der Waals surface area contributed by atoms with E-state index in [0.717, 1.165) is 19.5 Å². The molecule has 1 aromatic rings. The van der Waals surface area contributed by atoms with Gasteiger partial charge >= 0.3 is 5.97 Å². The fourth-order valence-electron chi connectivity index (χ4n) is 3.10. The second kappa shape index (κ2) is 7.09. The zero-order valence-electron chi connectivity index (χ0n) is 13.2. The Morgan fingerprint density at radius 1 is 1.43 bits per heavy atom. The maximum atomic E-state index is 11.8. The summed E-state index contributed by atoms with van der Waals surface area (Å²) in [5.41, 5.74) is 0.483. The van der Waals surface area contributed by atoms with Crippen LogP contribution in [0.4, 0.5) is 11.4 Å². The number of nitro groups is 1. The largest absolute Gasteiger partial charge is 0.447 e. The van der Waals surface area contributed by atoms with Crippen LogP contribution >= 0.6 is 0 Å². The molecule has 0 spiro atoms. The molecule has 0 aliphatic carbocycles. The fraction of sp³-hybridized carbons (Fsp3) is 0.500. The molecule has 0 aromatic heterocycles. The average molecular weight is 317 g/mol. The zero-order valence-corrected chi connectivity index (χ0v) is 13.2. The van der Waals surface area contributed by atoms with Gasteiger partial charge in [0.05, 0.1) is 10.5 Å². The molecule has 122 valence electrons. The SMILES string of the molecule is CC1CC(C)CN(c2ccc(C(=O)OCC#N)cc2[N+](=O)[O-])C1. The van der Waals surface area contributed by atoms with Gasteiger partial charge in [-0.15, -0.1) is 0 Å². The summed E-state index contributed by atoms with van der Waals surface area (Å²) in [5, 5.41) is 19.8. The molecule has 1 fully saturated rings. The lowest BCUT2D eigenvalue weighted by molar-refractivity contribution is -0.384. The molecule has 1 aliphatic heterocycles. The van der Waals surface area contributed by atoms with E-state index in [1.54, 1.807) is 12.1 Å². The highest BCUT2D eigenvalue weighted by Crippen LogP contribution is 2.33. The van der Waals surface area contributed by atoms with Gasteiger partial charge in [0, 0.05) is 19.2 Å². The van der Waals surface area contributed by atoms with Crippen LogP contribution in [0.25, 0.3) is 0 Å². The van der Waals surface area contributed by atoms with Crippen LogP contribution in [0.15, 0.2) is 18.2 Å². The van der Waals surface area contributed by atoms with Crippen molar-refractivity contribution in [2.24, 2.45) is 11.8 Å². The molecular formula is C16H19N3O4. The minimum Gasteiger partial charge on any atom is -0.447 e. The number of esters is 1. The number of benzene rings is 1. The molecule has 2 rings (SSSR count).